The number of aromatic nitrogens is 3. The molecule has 3 aromatic rings. The molecule has 6 nitrogen and oxygen atoms in total. The second-order valence-electron chi connectivity index (χ2n) is 6.90. The van der Waals surface area contributed by atoms with Gasteiger partial charge in [0.1, 0.15) is 6.10 Å². The Morgan fingerprint density at radius 3 is 2.54 bits per heavy atom. The van der Waals surface area contributed by atoms with Crippen LogP contribution in [0.25, 0.3) is 11.3 Å². The van der Waals surface area contributed by atoms with E-state index in [0.29, 0.717) is 17.2 Å². The summed E-state index contributed by atoms with van der Waals surface area (Å²) in [6.07, 6.45) is 2.19. The van der Waals surface area contributed by atoms with Crippen molar-refractivity contribution in [3.8, 4) is 17.2 Å². The first-order valence-corrected chi connectivity index (χ1v) is 8.58. The summed E-state index contributed by atoms with van der Waals surface area (Å²) < 4.78 is 52.0. The van der Waals surface area contributed by atoms with E-state index in [9.17, 15) is 18.0 Å². The van der Waals surface area contributed by atoms with Gasteiger partial charge in [0.2, 0.25) is 5.88 Å². The van der Waals surface area contributed by atoms with Crippen molar-refractivity contribution in [2.24, 2.45) is 0 Å². The van der Waals surface area contributed by atoms with Crippen molar-refractivity contribution in [2.75, 3.05) is 0 Å². The zero-order valence-corrected chi connectivity index (χ0v) is 14.8. The van der Waals surface area contributed by atoms with Gasteiger partial charge in [-0.15, -0.1) is 0 Å². The molecule has 0 unspecified atom stereocenters. The van der Waals surface area contributed by atoms with Crippen LogP contribution in [0.5, 0.6) is 5.88 Å². The summed E-state index contributed by atoms with van der Waals surface area (Å²) in [5.74, 6) is -2.36. The highest BCUT2D eigenvalue weighted by atomic mass is 19.3. The third kappa shape index (κ3) is 3.51. The first kappa shape index (κ1) is 18.3. The molecule has 4 rings (SSSR count). The molecule has 1 fully saturated rings. The number of alkyl halides is 3. The van der Waals surface area contributed by atoms with Crippen LogP contribution in [0.2, 0.25) is 0 Å². The van der Waals surface area contributed by atoms with Crippen molar-refractivity contribution in [2.45, 2.75) is 37.5 Å². The van der Waals surface area contributed by atoms with Crippen molar-refractivity contribution in [1.82, 2.24) is 15.1 Å². The van der Waals surface area contributed by atoms with Crippen LogP contribution < -0.4 is 10.3 Å². The van der Waals surface area contributed by atoms with E-state index in [-0.39, 0.29) is 29.7 Å². The van der Waals surface area contributed by atoms with Gasteiger partial charge in [-0.05, 0) is 18.2 Å². The number of hydrogen-bond donors (Lipinski definition) is 1. The lowest BCUT2D eigenvalue weighted by Crippen LogP contribution is -2.45. The average molecular weight is 391 g/mol. The second kappa shape index (κ2) is 6.50. The Bertz CT molecular complexity index is 1020. The van der Waals surface area contributed by atoms with E-state index in [1.54, 1.807) is 12.1 Å². The molecule has 0 aromatic carbocycles. The Balaban J connectivity index is 1.38. The van der Waals surface area contributed by atoms with Crippen LogP contribution in [0.4, 0.5) is 13.2 Å². The summed E-state index contributed by atoms with van der Waals surface area (Å²) in [7, 11) is 0. The van der Waals surface area contributed by atoms with Gasteiger partial charge in [-0.25, -0.2) is 18.2 Å². The van der Waals surface area contributed by atoms with E-state index in [1.165, 1.54) is 24.4 Å². The lowest BCUT2D eigenvalue weighted by atomic mass is 9.76. The smallest absolute Gasteiger partial charge is 0.280 e. The fourth-order valence-corrected chi connectivity index (χ4v) is 3.07. The van der Waals surface area contributed by atoms with Gasteiger partial charge in [0.05, 0.1) is 11.8 Å². The van der Waals surface area contributed by atoms with Crippen LogP contribution in [0.3, 0.4) is 0 Å². The molecule has 1 saturated carbocycles. The lowest BCUT2D eigenvalue weighted by molar-refractivity contribution is -0.0516. The van der Waals surface area contributed by atoms with E-state index < -0.39 is 17.7 Å². The number of halogens is 3. The SMILES string of the molecule is CC(F)(F)c1ccc(C2(F)CC(Oc3ccc(-c4cc(=O)[nH]o4)cn3)C2)nc1. The van der Waals surface area contributed by atoms with Crippen LogP contribution in [0, 0.1) is 0 Å². The fourth-order valence-electron chi connectivity index (χ4n) is 3.07. The topological polar surface area (TPSA) is 81.0 Å². The highest BCUT2D eigenvalue weighted by Crippen LogP contribution is 2.46. The molecule has 0 radical (unpaired) electrons. The number of ether oxygens (including phenoxy) is 1. The number of hydrogen-bond acceptors (Lipinski definition) is 5. The molecule has 3 heterocycles. The number of pyridine rings is 2. The summed E-state index contributed by atoms with van der Waals surface area (Å²) in [6, 6.07) is 7.05. The van der Waals surface area contributed by atoms with E-state index in [4.69, 9.17) is 9.26 Å². The number of H-pyrrole nitrogens is 1. The van der Waals surface area contributed by atoms with E-state index in [1.807, 2.05) is 0 Å². The second-order valence-corrected chi connectivity index (χ2v) is 6.90. The van der Waals surface area contributed by atoms with Gasteiger partial charge < -0.3 is 9.26 Å². The predicted molar refractivity (Wildman–Crippen MR) is 92.8 cm³/mol. The maximum absolute atomic E-state index is 14.9. The van der Waals surface area contributed by atoms with Gasteiger partial charge in [-0.3, -0.25) is 9.78 Å². The first-order valence-electron chi connectivity index (χ1n) is 8.58. The van der Waals surface area contributed by atoms with E-state index >= 15 is 0 Å². The minimum Gasteiger partial charge on any atom is -0.474 e. The van der Waals surface area contributed by atoms with Crippen LogP contribution in [-0.2, 0) is 11.6 Å². The van der Waals surface area contributed by atoms with Crippen LogP contribution in [-0.4, -0.2) is 21.2 Å². The molecule has 0 aliphatic heterocycles. The minimum atomic E-state index is -3.01. The summed E-state index contributed by atoms with van der Waals surface area (Å²) in [6.45, 7) is 0.768. The van der Waals surface area contributed by atoms with Crippen LogP contribution in [0.1, 0.15) is 31.0 Å². The summed E-state index contributed by atoms with van der Waals surface area (Å²) in [4.78, 5) is 19.1. The third-order valence-electron chi connectivity index (χ3n) is 4.66. The van der Waals surface area contributed by atoms with Gasteiger partial charge in [-0.2, -0.15) is 5.16 Å². The summed E-state index contributed by atoms with van der Waals surface area (Å²) >= 11 is 0. The van der Waals surface area contributed by atoms with Crippen molar-refractivity contribution in [1.29, 1.82) is 0 Å². The molecule has 1 aliphatic rings. The molecule has 0 amide bonds. The predicted octanol–water partition coefficient (Wildman–Crippen LogP) is 3.94. The van der Waals surface area contributed by atoms with E-state index in [0.717, 1.165) is 13.1 Å². The molecule has 28 heavy (non-hydrogen) atoms. The molecular formula is C19H16F3N3O3. The Kier molecular flexibility index (Phi) is 4.24. The number of rotatable bonds is 5. The molecule has 9 heteroatoms. The molecular weight excluding hydrogens is 375 g/mol. The Hall–Kier alpha value is -3.10. The van der Waals surface area contributed by atoms with Gasteiger partial charge in [0.25, 0.3) is 11.5 Å². The van der Waals surface area contributed by atoms with Crippen LogP contribution in [0.15, 0.2) is 52.0 Å². The number of aromatic amines is 1. The molecule has 3 aromatic heterocycles. The minimum absolute atomic E-state index is 0.0536. The van der Waals surface area contributed by atoms with Crippen molar-refractivity contribution < 1.29 is 22.4 Å². The van der Waals surface area contributed by atoms with E-state index in [2.05, 4.69) is 15.1 Å². The number of nitrogens with zero attached hydrogens (tertiary/aromatic N) is 2. The quantitative estimate of drug-likeness (QED) is 0.713. The zero-order chi connectivity index (χ0) is 19.9. The largest absolute Gasteiger partial charge is 0.474 e. The standard InChI is InChI=1S/C19H16F3N3O3/c1-18(20,21)12-3-4-15(23-10-12)19(22)7-13(8-19)27-17-5-2-11(9-24-17)14-6-16(26)25-28-14/h2-6,9-10,13H,7-8H2,1H3,(H,25,26). The van der Waals surface area contributed by atoms with Crippen molar-refractivity contribution >= 4 is 0 Å². The lowest BCUT2D eigenvalue weighted by Gasteiger charge is -2.40. The Morgan fingerprint density at radius 2 is 2.00 bits per heavy atom. The molecule has 1 aliphatic carbocycles. The third-order valence-corrected chi connectivity index (χ3v) is 4.66. The molecule has 146 valence electrons. The highest BCUT2D eigenvalue weighted by molar-refractivity contribution is 5.55. The Morgan fingerprint density at radius 1 is 1.21 bits per heavy atom. The van der Waals surface area contributed by atoms with Gasteiger partial charge in [0, 0.05) is 49.4 Å². The average Bonchev–Trinajstić information content (AvgIpc) is 3.07. The van der Waals surface area contributed by atoms with Crippen LogP contribution >= 0.6 is 0 Å². The molecule has 0 bridgehead atoms. The molecule has 0 spiro atoms. The summed E-state index contributed by atoms with van der Waals surface area (Å²) in [5.41, 5.74) is -1.61. The molecule has 0 saturated heterocycles. The zero-order valence-electron chi connectivity index (χ0n) is 14.8. The van der Waals surface area contributed by atoms with Gasteiger partial charge >= 0.3 is 0 Å². The first-order chi connectivity index (χ1) is 13.2. The van der Waals surface area contributed by atoms with Crippen molar-refractivity contribution in [3.05, 3.63) is 64.3 Å². The van der Waals surface area contributed by atoms with Crippen molar-refractivity contribution in [3.63, 3.8) is 0 Å². The van der Waals surface area contributed by atoms with Gasteiger partial charge in [-0.1, -0.05) is 0 Å². The summed E-state index contributed by atoms with van der Waals surface area (Å²) in [5, 5.41) is 2.19. The monoisotopic (exact) mass is 391 g/mol. The number of nitrogens with one attached hydrogen (secondary N) is 1. The molecule has 0 atom stereocenters. The van der Waals surface area contributed by atoms with Gasteiger partial charge in [0.15, 0.2) is 11.4 Å². The Labute approximate surface area is 157 Å². The normalized spacial score (nSPS) is 21.9. The molecule has 1 N–H and O–H groups in total. The maximum atomic E-state index is 14.9. The highest BCUT2D eigenvalue weighted by Gasteiger charge is 2.49. The fraction of sp³-hybridized carbons (Fsp3) is 0.316. The maximum Gasteiger partial charge on any atom is 0.280 e.